The normalized spacial score (nSPS) is 12.1. The number of carbonyl (C=O) groups is 7. The fraction of sp³-hybridized carbons (Fsp3) is 0.299. The number of amides is 4. The summed E-state index contributed by atoms with van der Waals surface area (Å²) in [6.07, 6.45) is 6.13. The van der Waals surface area contributed by atoms with E-state index in [9.17, 15) is 48.9 Å². The zero-order valence-corrected chi connectivity index (χ0v) is 66.0. The van der Waals surface area contributed by atoms with Gasteiger partial charge in [-0.3, -0.25) is 33.6 Å². The molecule has 5 aromatic heterocycles. The number of benzene rings is 5. The summed E-state index contributed by atoms with van der Waals surface area (Å²) in [6.45, 7) is 2.78. The van der Waals surface area contributed by atoms with Gasteiger partial charge in [-0.25, -0.2) is 29.7 Å². The van der Waals surface area contributed by atoms with Crippen LogP contribution in [-0.2, 0) is 54.3 Å². The fourth-order valence-corrected chi connectivity index (χ4v) is 15.4. The number of nitrogens with two attached hydrogens (primary N) is 1. The van der Waals surface area contributed by atoms with Gasteiger partial charge in [0.1, 0.15) is 39.7 Å². The quantitative estimate of drug-likeness (QED) is 0.0264. The minimum Gasteiger partial charge on any atom is -0.480 e. The second-order valence-electron chi connectivity index (χ2n) is 20.6. The van der Waals surface area contributed by atoms with Crippen molar-refractivity contribution in [1.29, 1.82) is 21.0 Å². The summed E-state index contributed by atoms with van der Waals surface area (Å²) in [7, 11) is 0. The maximum atomic E-state index is 12.2. The first-order valence-electron chi connectivity index (χ1n) is 29.8. The molecule has 12 rings (SSSR count). The molecule has 37 heteroatoms. The minimum atomic E-state index is -1.16. The number of ether oxygens (including phenoxy) is 2. The molecule has 2 aliphatic carbocycles. The van der Waals surface area contributed by atoms with E-state index in [1.807, 2.05) is 103 Å². The fourth-order valence-electron chi connectivity index (χ4n) is 7.67. The van der Waals surface area contributed by atoms with E-state index >= 15 is 0 Å². The number of carboxylic acid groups (broad SMARTS) is 1. The molecule has 5 aromatic carbocycles. The van der Waals surface area contributed by atoms with Gasteiger partial charge in [0.25, 0.3) is 0 Å². The average molecular weight is 1850 g/mol. The van der Waals surface area contributed by atoms with Crippen LogP contribution in [0.15, 0.2) is 118 Å². The van der Waals surface area contributed by atoms with Gasteiger partial charge in [0.05, 0.1) is 102 Å². The van der Waals surface area contributed by atoms with Gasteiger partial charge in [0, 0.05) is 34.4 Å². The first-order valence-corrected chi connectivity index (χ1v) is 38.3. The molecule has 0 radical (unpaired) electrons. The Balaban J connectivity index is 0.000000267. The lowest BCUT2D eigenvalue weighted by Crippen LogP contribution is -2.39. The highest BCUT2D eigenvalue weighted by Gasteiger charge is 2.29. The summed E-state index contributed by atoms with van der Waals surface area (Å²) in [5.74, 6) is -7.33. The van der Waals surface area contributed by atoms with Crippen LogP contribution in [0.2, 0.25) is 4.47 Å². The molecule has 3 unspecified atom stereocenters. The smallest absolute Gasteiger partial charge is 0.328 e. The van der Waals surface area contributed by atoms with E-state index in [4.69, 9.17) is 37.7 Å². The van der Waals surface area contributed by atoms with Crippen LogP contribution in [0.25, 0.3) is 51.1 Å². The molecule has 2 fully saturated rings. The number of carboxylic acids is 1. The zero-order chi connectivity index (χ0) is 74.4. The van der Waals surface area contributed by atoms with Crippen LogP contribution in [0, 0.1) is 45.3 Å². The van der Waals surface area contributed by atoms with Crippen LogP contribution in [0.4, 0.5) is 0 Å². The second-order valence-corrected chi connectivity index (χ2v) is 31.0. The van der Waals surface area contributed by atoms with E-state index in [-0.39, 0.29) is 53.0 Å². The number of aliphatic carboxylic acids is 1. The monoisotopic (exact) mass is 1840 g/mol. The Morgan fingerprint density at radius 3 is 1.27 bits per heavy atom. The van der Waals surface area contributed by atoms with Gasteiger partial charge in [-0.2, -0.15) is 26.0 Å². The molecule has 2 saturated carbocycles. The summed E-state index contributed by atoms with van der Waals surface area (Å²) in [4.78, 5) is 113. The van der Waals surface area contributed by atoms with Gasteiger partial charge in [0.2, 0.25) is 29.7 Å². The molecule has 7 N–H and O–H groups in total. The number of isocyanates is 1. The zero-order valence-electron chi connectivity index (χ0n) is 53.2. The van der Waals surface area contributed by atoms with Crippen molar-refractivity contribution < 1.29 is 52.9 Å². The largest absolute Gasteiger partial charge is 0.480 e. The molecule has 10 aromatic rings. The molecular formula is C67H63Br5ClN15O11S5. The molecule has 0 aliphatic heterocycles. The number of halogens is 6. The average Bonchev–Trinajstić information content (AvgIpc) is 1.85. The highest BCUT2D eigenvalue weighted by molar-refractivity contribution is 9.11. The Bertz CT molecular complexity index is 4880. The Labute approximate surface area is 663 Å². The van der Waals surface area contributed by atoms with Crippen LogP contribution < -0.4 is 27.0 Å². The van der Waals surface area contributed by atoms with Gasteiger partial charge >= 0.3 is 17.9 Å². The molecule has 0 spiro atoms. The Hall–Kier alpha value is -8.17. The van der Waals surface area contributed by atoms with Crippen molar-refractivity contribution in [2.75, 3.05) is 39.4 Å². The molecule has 26 nitrogen and oxygen atoms in total. The maximum Gasteiger partial charge on any atom is 0.328 e. The van der Waals surface area contributed by atoms with E-state index in [0.29, 0.717) is 44.1 Å². The van der Waals surface area contributed by atoms with Gasteiger partial charge in [-0.05, 0) is 131 Å². The number of hydrogen-bond donors (Lipinski definition) is 6. The van der Waals surface area contributed by atoms with Crippen LogP contribution >= 0.6 is 148 Å². The van der Waals surface area contributed by atoms with Gasteiger partial charge in [-0.15, -0.1) is 56.7 Å². The third-order valence-corrected chi connectivity index (χ3v) is 20.5. The van der Waals surface area contributed by atoms with Crippen molar-refractivity contribution in [3.63, 3.8) is 0 Å². The molecule has 3 atom stereocenters. The second kappa shape index (κ2) is 45.3. The van der Waals surface area contributed by atoms with Crippen molar-refractivity contribution in [3.05, 3.63) is 138 Å². The summed E-state index contributed by atoms with van der Waals surface area (Å²) in [5, 5.41) is 56.6. The summed E-state index contributed by atoms with van der Waals surface area (Å²) in [6, 6.07) is 37.1. The number of rotatable bonds is 18. The SMILES string of the molecule is C.C.CCOC(=O)CN=C=O.CCOC(=O)CNC(=O)C(C#N)c1nc2ccc(Br)cc2s1.Clc1nc2ccc(Br)cc2s1.N#CC(C(=O)NCC(=O)NC1CC1)c1nc2ccc(Br)cc2s1.N#CC(C(=O)NCC(=O)O)c1nc2ccc(Br)cc2s1.N#CCc1nc2ccc(Br)cc2s1.NC1CC1. The number of thiazole rings is 5. The predicted molar refractivity (Wildman–Crippen MR) is 421 cm³/mol. The predicted octanol–water partition coefficient (Wildman–Crippen LogP) is 14.4. The molecule has 0 bridgehead atoms. The highest BCUT2D eigenvalue weighted by Crippen LogP contribution is 2.34. The van der Waals surface area contributed by atoms with E-state index in [1.54, 1.807) is 31.3 Å². The van der Waals surface area contributed by atoms with Gasteiger partial charge in [-0.1, -0.05) is 106 Å². The Morgan fingerprint density at radius 1 is 0.558 bits per heavy atom. The molecule has 544 valence electrons. The van der Waals surface area contributed by atoms with Crippen molar-refractivity contribution in [3.8, 4) is 24.3 Å². The number of fused-ring (bicyclic) bond motifs is 5. The number of nitrogens with zero attached hydrogens (tertiary/aromatic N) is 10. The van der Waals surface area contributed by atoms with Crippen molar-refractivity contribution in [1.82, 2.24) is 46.2 Å². The van der Waals surface area contributed by atoms with E-state index in [1.165, 1.54) is 64.3 Å². The van der Waals surface area contributed by atoms with E-state index < -0.39 is 59.9 Å². The molecule has 5 heterocycles. The number of aliphatic imine (C=N–C) groups is 1. The van der Waals surface area contributed by atoms with Crippen molar-refractivity contribution >= 4 is 247 Å². The number of nitrogens with one attached hydrogen (secondary N) is 4. The highest BCUT2D eigenvalue weighted by atomic mass is 79.9. The molecule has 104 heavy (non-hydrogen) atoms. The Kier molecular flexibility index (Phi) is 38.4. The van der Waals surface area contributed by atoms with Gasteiger partial charge < -0.3 is 41.6 Å². The van der Waals surface area contributed by atoms with Crippen molar-refractivity contribution in [2.24, 2.45) is 10.7 Å². The van der Waals surface area contributed by atoms with Crippen LogP contribution in [-0.4, -0.2) is 129 Å². The lowest BCUT2D eigenvalue weighted by Gasteiger charge is -2.08. The molecule has 0 saturated heterocycles. The number of esters is 2. The number of carbonyl (C=O) groups excluding carboxylic acids is 7. The van der Waals surface area contributed by atoms with Crippen LogP contribution in [0.3, 0.4) is 0 Å². The third-order valence-electron chi connectivity index (χ3n) is 12.7. The maximum absolute atomic E-state index is 12.2. The molecular weight excluding hydrogens is 1790 g/mol. The summed E-state index contributed by atoms with van der Waals surface area (Å²) >= 11 is 29.5. The number of aromatic nitrogens is 5. The number of hydrogen-bond acceptors (Lipinski definition) is 26. The van der Waals surface area contributed by atoms with Crippen molar-refractivity contribution in [2.45, 2.75) is 90.6 Å². The van der Waals surface area contributed by atoms with Crippen LogP contribution in [0.1, 0.15) is 92.2 Å². The summed E-state index contributed by atoms with van der Waals surface area (Å²) < 4.78 is 19.4. The van der Waals surface area contributed by atoms with Crippen LogP contribution in [0.5, 0.6) is 0 Å². The first kappa shape index (κ1) is 88.2. The first-order chi connectivity index (χ1) is 48.9. The molecule has 4 amide bonds. The van der Waals surface area contributed by atoms with E-state index in [2.05, 4.69) is 142 Å². The minimum absolute atomic E-state index is 0. The summed E-state index contributed by atoms with van der Waals surface area (Å²) in [5.41, 5.74) is 9.32. The third kappa shape index (κ3) is 29.8. The standard InChI is InChI=1S/C15H13BrN4O2S.C14H12BrN3O3S.C12H8BrN3O3S.C9H5BrN2S.C7H3BrClNS.C5H7NO3.C3H7N.2CH4/c16-8-1-4-11-12(5-8)23-15(20-11)10(6-17)14(22)18-7-13(21)19-9-2-3-9;1-2-21-12(19)7-17-13(20)9(6-16)14-18-10-4-3-8(15)5-11(10)22-14;13-6-1-2-8-9(3-6)20-12(16-8)7(4-14)11(19)15-5-10(17)18;10-6-1-2-7-8(5-6)13-9(12-7)3-4-11;8-4-1-2-5-6(3-4)11-7(9)10-5;1-2-9-5(8)3-6-4-7;4-3-1-2-3;;/h1,4-5,9-10H,2-3,7H2,(H,18,22)(H,19,21);3-5,9H,2,7H2,1H3,(H,17,20);1-3,7H,5H2,(H,15,19)(H,17,18);1-2,5H,3H2;1-3H;2-3H2,1H3;3H,1-2,4H2;2*1H4. The lowest BCUT2D eigenvalue weighted by atomic mass is 10.1. The van der Waals surface area contributed by atoms with E-state index in [0.717, 1.165) is 85.8 Å². The topological polar surface area (TPSA) is 421 Å². The van der Waals surface area contributed by atoms with Gasteiger partial charge in [0.15, 0.2) is 22.2 Å². The number of nitriles is 4. The Morgan fingerprint density at radius 2 is 0.913 bits per heavy atom. The molecule has 2 aliphatic rings. The lowest BCUT2D eigenvalue weighted by molar-refractivity contribution is -0.143.